The second kappa shape index (κ2) is 14.9. The number of thiophene rings is 1. The fourth-order valence-electron chi connectivity index (χ4n) is 7.55. The van der Waals surface area contributed by atoms with E-state index in [1.165, 1.54) is 0 Å². The van der Waals surface area contributed by atoms with Crippen LogP contribution >= 0.6 is 11.3 Å². The van der Waals surface area contributed by atoms with E-state index in [1.54, 1.807) is 46.7 Å². The first kappa shape index (κ1) is 34.1. The molecule has 12 heteroatoms. The number of hydrogen-bond acceptors (Lipinski definition) is 6. The molecule has 3 atom stereocenters. The van der Waals surface area contributed by atoms with Crippen LogP contribution in [0.15, 0.2) is 108 Å². The van der Waals surface area contributed by atoms with Crippen molar-refractivity contribution < 1.29 is 19.5 Å². The lowest BCUT2D eigenvalue weighted by molar-refractivity contribution is -0.134. The molecule has 6 aromatic rings. The quantitative estimate of drug-likeness (QED) is 0.113. The number of aromatic nitrogens is 4. The first-order valence-electron chi connectivity index (χ1n) is 17.9. The van der Waals surface area contributed by atoms with Gasteiger partial charge in [-0.1, -0.05) is 78.9 Å². The van der Waals surface area contributed by atoms with Gasteiger partial charge in [0, 0.05) is 13.1 Å². The standard InChI is InChI=1S/C41H39N7O4S/c49-36(22-26-18-21-53-25-26)47-19-4-8-34(47)38-42-23-32(44-38)29-14-10-27(11-15-29)28-12-16-30(17-13-28)33-24-43-39(45-33)35-9-5-20-48(35)40(50)37(46-41(51)52)31-6-2-1-3-7-31/h1-3,6-7,10-18,21,23-25,34-35,37,46H,4-5,8-9,19-20,22H2,(H,42,44)(H,43,45)(H,51,52)/t34-,35-,37+/m0/s1. The van der Waals surface area contributed by atoms with Crippen LogP contribution in [0.2, 0.25) is 0 Å². The van der Waals surface area contributed by atoms with Crippen molar-refractivity contribution in [3.8, 4) is 33.6 Å². The van der Waals surface area contributed by atoms with Crippen molar-refractivity contribution in [2.75, 3.05) is 13.1 Å². The summed E-state index contributed by atoms with van der Waals surface area (Å²) in [5.41, 5.74) is 7.56. The Morgan fingerprint density at radius 1 is 0.755 bits per heavy atom. The Morgan fingerprint density at radius 3 is 1.85 bits per heavy atom. The van der Waals surface area contributed by atoms with Gasteiger partial charge >= 0.3 is 6.09 Å². The average Bonchev–Trinajstić information content (AvgIpc) is 4.04. The molecule has 5 heterocycles. The van der Waals surface area contributed by atoms with Crippen molar-refractivity contribution in [2.24, 2.45) is 0 Å². The summed E-state index contributed by atoms with van der Waals surface area (Å²) < 4.78 is 0. The van der Waals surface area contributed by atoms with Crippen LogP contribution in [-0.4, -0.2) is 65.8 Å². The Kier molecular flexibility index (Phi) is 9.60. The molecule has 2 saturated heterocycles. The normalized spacial score (nSPS) is 17.6. The van der Waals surface area contributed by atoms with Crippen LogP contribution in [0.5, 0.6) is 0 Å². The zero-order valence-electron chi connectivity index (χ0n) is 28.9. The molecule has 3 aromatic heterocycles. The molecule has 3 aromatic carbocycles. The largest absolute Gasteiger partial charge is 0.465 e. The number of nitrogens with zero attached hydrogens (tertiary/aromatic N) is 4. The van der Waals surface area contributed by atoms with Gasteiger partial charge in [0.15, 0.2) is 0 Å². The highest BCUT2D eigenvalue weighted by molar-refractivity contribution is 7.08. The van der Waals surface area contributed by atoms with Crippen molar-refractivity contribution in [3.63, 3.8) is 0 Å². The van der Waals surface area contributed by atoms with Gasteiger partial charge in [-0.3, -0.25) is 9.59 Å². The Morgan fingerprint density at radius 2 is 1.30 bits per heavy atom. The predicted octanol–water partition coefficient (Wildman–Crippen LogP) is 7.77. The summed E-state index contributed by atoms with van der Waals surface area (Å²) in [6, 6.07) is 26.2. The van der Waals surface area contributed by atoms with Crippen molar-refractivity contribution >= 4 is 29.2 Å². The smallest absolute Gasteiger partial charge is 0.405 e. The topological polar surface area (TPSA) is 147 Å². The van der Waals surface area contributed by atoms with Gasteiger partial charge in [0.05, 0.1) is 42.3 Å². The predicted molar refractivity (Wildman–Crippen MR) is 203 cm³/mol. The number of nitrogens with one attached hydrogen (secondary N) is 3. The highest BCUT2D eigenvalue weighted by Gasteiger charge is 2.37. The van der Waals surface area contributed by atoms with Crippen LogP contribution in [0.25, 0.3) is 33.6 Å². The molecule has 4 N–H and O–H groups in total. The van der Waals surface area contributed by atoms with Gasteiger partial charge in [-0.05, 0) is 75.9 Å². The van der Waals surface area contributed by atoms with E-state index in [9.17, 15) is 19.5 Å². The maximum absolute atomic E-state index is 13.7. The maximum Gasteiger partial charge on any atom is 0.405 e. The summed E-state index contributed by atoms with van der Waals surface area (Å²) in [6.07, 6.45) is 6.21. The molecule has 268 valence electrons. The molecule has 0 aliphatic carbocycles. The molecule has 3 amide bonds. The molecule has 2 aliphatic heterocycles. The van der Waals surface area contributed by atoms with Gasteiger partial charge in [-0.2, -0.15) is 11.3 Å². The third kappa shape index (κ3) is 7.22. The van der Waals surface area contributed by atoms with Gasteiger partial charge < -0.3 is 30.2 Å². The molecule has 0 unspecified atom stereocenters. The minimum absolute atomic E-state index is 0.0358. The van der Waals surface area contributed by atoms with E-state index in [-0.39, 0.29) is 23.9 Å². The molecule has 2 fully saturated rings. The van der Waals surface area contributed by atoms with Gasteiger partial charge in [0.2, 0.25) is 5.91 Å². The lowest BCUT2D eigenvalue weighted by Crippen LogP contribution is -2.42. The number of rotatable bonds is 10. The maximum atomic E-state index is 13.7. The molecule has 8 rings (SSSR count). The van der Waals surface area contributed by atoms with E-state index in [0.29, 0.717) is 24.4 Å². The lowest BCUT2D eigenvalue weighted by Gasteiger charge is -2.28. The number of imidazole rings is 2. The molecule has 0 bridgehead atoms. The van der Waals surface area contributed by atoms with E-state index < -0.39 is 12.1 Å². The Bertz CT molecular complexity index is 2200. The molecular weight excluding hydrogens is 687 g/mol. The molecule has 11 nitrogen and oxygen atoms in total. The third-order valence-corrected chi connectivity index (χ3v) is 11.0. The van der Waals surface area contributed by atoms with E-state index in [1.807, 2.05) is 34.0 Å². The molecule has 0 saturated carbocycles. The number of H-pyrrole nitrogens is 2. The van der Waals surface area contributed by atoms with Crippen LogP contribution in [0.1, 0.15) is 66.6 Å². The zero-order chi connectivity index (χ0) is 36.3. The van der Waals surface area contributed by atoms with Gasteiger partial charge in [-0.25, -0.2) is 14.8 Å². The SMILES string of the molecule is O=C(O)N[C@@H](C(=O)N1CCC[C@H]1c1ncc(-c2ccc(-c3ccc(-c4cnc([C@@H]5CCCN5C(=O)Cc5ccsc5)[nH]4)cc3)cc2)[nH]1)c1ccccc1. The van der Waals surface area contributed by atoms with Gasteiger partial charge in [0.1, 0.15) is 17.7 Å². The minimum Gasteiger partial charge on any atom is -0.465 e. The lowest BCUT2D eigenvalue weighted by atomic mass is 10.0. The first-order valence-corrected chi connectivity index (χ1v) is 18.8. The minimum atomic E-state index is -1.25. The number of aromatic amines is 2. The molecule has 53 heavy (non-hydrogen) atoms. The van der Waals surface area contributed by atoms with Gasteiger partial charge in [0.25, 0.3) is 5.91 Å². The molecule has 2 aliphatic rings. The van der Waals surface area contributed by atoms with Crippen molar-refractivity contribution in [3.05, 3.63) is 131 Å². The number of carboxylic acid groups (broad SMARTS) is 1. The summed E-state index contributed by atoms with van der Waals surface area (Å²) in [7, 11) is 0. The van der Waals surface area contributed by atoms with Crippen LogP contribution in [0.3, 0.4) is 0 Å². The third-order valence-electron chi connectivity index (χ3n) is 10.2. The van der Waals surface area contributed by atoms with E-state index in [4.69, 9.17) is 4.98 Å². The van der Waals surface area contributed by atoms with Gasteiger partial charge in [-0.15, -0.1) is 0 Å². The van der Waals surface area contributed by atoms with Crippen molar-refractivity contribution in [1.82, 2.24) is 35.1 Å². The second-order valence-corrected chi connectivity index (χ2v) is 14.3. The highest BCUT2D eigenvalue weighted by atomic mass is 32.1. The zero-order valence-corrected chi connectivity index (χ0v) is 29.8. The summed E-state index contributed by atoms with van der Waals surface area (Å²) in [6.45, 7) is 1.28. The van der Waals surface area contributed by atoms with Crippen LogP contribution in [0, 0.1) is 0 Å². The number of carbonyl (C=O) groups excluding carboxylic acids is 2. The summed E-state index contributed by atoms with van der Waals surface area (Å²) >= 11 is 1.61. The number of carbonyl (C=O) groups is 3. The molecular formula is C41H39N7O4S. The average molecular weight is 726 g/mol. The first-order chi connectivity index (χ1) is 25.9. The van der Waals surface area contributed by atoms with E-state index in [0.717, 1.165) is 77.3 Å². The fraction of sp³-hybridized carbons (Fsp3) is 0.244. The number of hydrogen-bond donors (Lipinski definition) is 4. The summed E-state index contributed by atoms with van der Waals surface area (Å²) in [4.78, 5) is 58.3. The Labute approximate surface area is 310 Å². The second-order valence-electron chi connectivity index (χ2n) is 13.6. The molecule has 0 radical (unpaired) electrons. The Balaban J connectivity index is 0.925. The fourth-order valence-corrected chi connectivity index (χ4v) is 8.21. The van der Waals surface area contributed by atoms with E-state index >= 15 is 0 Å². The van der Waals surface area contributed by atoms with Crippen LogP contribution in [-0.2, 0) is 16.0 Å². The Hall–Kier alpha value is -6.01. The number of benzene rings is 3. The van der Waals surface area contributed by atoms with Crippen molar-refractivity contribution in [1.29, 1.82) is 0 Å². The van der Waals surface area contributed by atoms with Crippen LogP contribution < -0.4 is 5.32 Å². The monoisotopic (exact) mass is 725 g/mol. The highest BCUT2D eigenvalue weighted by Crippen LogP contribution is 2.35. The van der Waals surface area contributed by atoms with Crippen molar-refractivity contribution in [2.45, 2.75) is 50.2 Å². The number of amides is 3. The summed E-state index contributed by atoms with van der Waals surface area (Å²) in [5, 5.41) is 15.9. The van der Waals surface area contributed by atoms with E-state index in [2.05, 4.69) is 68.8 Å². The number of likely N-dealkylation sites (tertiary alicyclic amines) is 2. The summed E-state index contributed by atoms with van der Waals surface area (Å²) in [5.74, 6) is 1.36. The van der Waals surface area contributed by atoms with Crippen LogP contribution in [0.4, 0.5) is 4.79 Å². The molecule has 0 spiro atoms.